The third kappa shape index (κ3) is 4.78. The molecule has 0 saturated heterocycles. The molecular weight excluding hydrogens is 447 g/mol. The molecule has 0 aliphatic heterocycles. The maximum atomic E-state index is 13.0. The molecular formula is C25H20F3N3O3. The molecule has 1 amide bonds. The summed E-state index contributed by atoms with van der Waals surface area (Å²) >= 11 is 0. The Hall–Kier alpha value is -4.14. The standard InChI is InChI=1S/C25H20F3N3O3/c1-14(16-7-9-17(10-8-16)24(33)34)29-23(32)22-21-18(3-2-4-20(21)30-31-22)13-15-5-11-19(12-6-15)25(26,27)28/h2-12,14H,13H2,1H3,(H,29,32)(H,30,31)(H,33,34)/t14-/m0/s1. The average Bonchev–Trinajstić information content (AvgIpc) is 3.24. The number of aromatic carboxylic acids is 1. The van der Waals surface area contributed by atoms with Crippen molar-refractivity contribution in [3.63, 3.8) is 0 Å². The van der Waals surface area contributed by atoms with Crippen molar-refractivity contribution in [1.29, 1.82) is 0 Å². The minimum absolute atomic E-state index is 0.147. The van der Waals surface area contributed by atoms with E-state index in [2.05, 4.69) is 15.5 Å². The molecule has 6 nitrogen and oxygen atoms in total. The van der Waals surface area contributed by atoms with Crippen molar-refractivity contribution in [1.82, 2.24) is 15.5 Å². The van der Waals surface area contributed by atoms with E-state index in [1.807, 2.05) is 0 Å². The Kier molecular flexibility index (Phi) is 6.10. The van der Waals surface area contributed by atoms with Crippen molar-refractivity contribution in [2.45, 2.75) is 25.6 Å². The van der Waals surface area contributed by atoms with E-state index >= 15 is 0 Å². The number of nitrogens with zero attached hydrogens (tertiary/aromatic N) is 1. The molecule has 1 aromatic heterocycles. The van der Waals surface area contributed by atoms with Gasteiger partial charge in [-0.3, -0.25) is 9.89 Å². The predicted molar refractivity (Wildman–Crippen MR) is 120 cm³/mol. The number of carbonyl (C=O) groups is 2. The highest BCUT2D eigenvalue weighted by Gasteiger charge is 2.30. The van der Waals surface area contributed by atoms with E-state index in [1.54, 1.807) is 37.3 Å². The zero-order valence-electron chi connectivity index (χ0n) is 18.0. The molecule has 1 atom stereocenters. The first-order valence-corrected chi connectivity index (χ1v) is 10.4. The minimum atomic E-state index is -4.40. The van der Waals surface area contributed by atoms with Gasteiger partial charge >= 0.3 is 12.1 Å². The van der Waals surface area contributed by atoms with Gasteiger partial charge in [-0.05, 0) is 60.4 Å². The number of alkyl halides is 3. The van der Waals surface area contributed by atoms with E-state index in [9.17, 15) is 22.8 Å². The third-order valence-corrected chi connectivity index (χ3v) is 5.57. The molecule has 174 valence electrons. The summed E-state index contributed by atoms with van der Waals surface area (Å²) in [7, 11) is 0. The summed E-state index contributed by atoms with van der Waals surface area (Å²) in [5.74, 6) is -1.47. The van der Waals surface area contributed by atoms with Gasteiger partial charge in [-0.15, -0.1) is 0 Å². The number of H-pyrrole nitrogens is 1. The van der Waals surface area contributed by atoms with Crippen LogP contribution in [0.3, 0.4) is 0 Å². The Balaban J connectivity index is 1.57. The molecule has 3 N–H and O–H groups in total. The fourth-order valence-corrected chi connectivity index (χ4v) is 3.75. The Bertz CT molecular complexity index is 1340. The quantitative estimate of drug-likeness (QED) is 0.356. The third-order valence-electron chi connectivity index (χ3n) is 5.57. The largest absolute Gasteiger partial charge is 0.478 e. The number of amides is 1. The summed E-state index contributed by atoms with van der Waals surface area (Å²) in [6, 6.07) is 16.1. The molecule has 0 saturated carbocycles. The van der Waals surface area contributed by atoms with Gasteiger partial charge in [-0.25, -0.2) is 4.79 Å². The summed E-state index contributed by atoms with van der Waals surface area (Å²) in [6.07, 6.45) is -4.08. The highest BCUT2D eigenvalue weighted by molar-refractivity contribution is 6.06. The van der Waals surface area contributed by atoms with E-state index in [0.29, 0.717) is 22.9 Å². The second-order valence-electron chi connectivity index (χ2n) is 7.91. The number of rotatable bonds is 6. The van der Waals surface area contributed by atoms with Crippen molar-refractivity contribution >= 4 is 22.8 Å². The van der Waals surface area contributed by atoms with Gasteiger partial charge in [0.1, 0.15) is 0 Å². The number of halogens is 3. The molecule has 0 aliphatic rings. The van der Waals surface area contributed by atoms with E-state index in [1.165, 1.54) is 24.3 Å². The first-order chi connectivity index (χ1) is 16.1. The van der Waals surface area contributed by atoms with Crippen LogP contribution in [0.2, 0.25) is 0 Å². The van der Waals surface area contributed by atoms with Crippen LogP contribution in [0.25, 0.3) is 10.9 Å². The number of aromatic nitrogens is 2. The van der Waals surface area contributed by atoms with Crippen LogP contribution in [0.5, 0.6) is 0 Å². The van der Waals surface area contributed by atoms with Crippen LogP contribution in [0, 0.1) is 0 Å². The molecule has 34 heavy (non-hydrogen) atoms. The van der Waals surface area contributed by atoms with Gasteiger partial charge in [0.05, 0.1) is 22.7 Å². The molecule has 0 fully saturated rings. The molecule has 0 aliphatic carbocycles. The number of aromatic amines is 1. The Morgan fingerprint density at radius 2 is 1.71 bits per heavy atom. The lowest BCUT2D eigenvalue weighted by Gasteiger charge is -2.14. The Labute approximate surface area is 192 Å². The monoisotopic (exact) mass is 467 g/mol. The highest BCUT2D eigenvalue weighted by Crippen LogP contribution is 2.30. The van der Waals surface area contributed by atoms with Crippen LogP contribution in [0.4, 0.5) is 13.2 Å². The van der Waals surface area contributed by atoms with Gasteiger partial charge in [0, 0.05) is 5.39 Å². The van der Waals surface area contributed by atoms with Crippen LogP contribution < -0.4 is 5.32 Å². The van der Waals surface area contributed by atoms with E-state index in [0.717, 1.165) is 23.3 Å². The van der Waals surface area contributed by atoms with Gasteiger partial charge in [0.2, 0.25) is 0 Å². The van der Waals surface area contributed by atoms with Crippen molar-refractivity contribution in [2.24, 2.45) is 0 Å². The molecule has 0 bridgehead atoms. The Morgan fingerprint density at radius 3 is 2.32 bits per heavy atom. The number of hydrogen-bond acceptors (Lipinski definition) is 3. The molecule has 1 heterocycles. The number of carboxylic acid groups (broad SMARTS) is 1. The van der Waals surface area contributed by atoms with Crippen LogP contribution >= 0.6 is 0 Å². The zero-order valence-corrected chi connectivity index (χ0v) is 18.0. The van der Waals surface area contributed by atoms with Crippen LogP contribution in [-0.4, -0.2) is 27.2 Å². The fraction of sp³-hybridized carbons (Fsp3) is 0.160. The SMILES string of the molecule is C[C@H](NC(=O)c1n[nH]c2cccc(Cc3ccc(C(F)(F)F)cc3)c12)c1ccc(C(=O)O)cc1. The number of hydrogen-bond donors (Lipinski definition) is 3. The number of benzene rings is 3. The lowest BCUT2D eigenvalue weighted by molar-refractivity contribution is -0.137. The molecule has 0 radical (unpaired) electrons. The predicted octanol–water partition coefficient (Wildman–Crippen LogP) is 5.36. The summed E-state index contributed by atoms with van der Waals surface area (Å²) in [4.78, 5) is 24.1. The van der Waals surface area contributed by atoms with Gasteiger partial charge in [0.25, 0.3) is 5.91 Å². The van der Waals surface area contributed by atoms with Gasteiger partial charge < -0.3 is 10.4 Å². The molecule has 4 aromatic rings. The van der Waals surface area contributed by atoms with Crippen molar-refractivity contribution < 1.29 is 27.9 Å². The fourth-order valence-electron chi connectivity index (χ4n) is 3.75. The highest BCUT2D eigenvalue weighted by atomic mass is 19.4. The van der Waals surface area contributed by atoms with Crippen LogP contribution in [0.15, 0.2) is 66.7 Å². The molecule has 4 rings (SSSR count). The lowest BCUT2D eigenvalue weighted by atomic mass is 9.99. The van der Waals surface area contributed by atoms with Gasteiger partial charge in [-0.1, -0.05) is 36.4 Å². The van der Waals surface area contributed by atoms with Crippen LogP contribution in [0.1, 0.15) is 56.1 Å². The minimum Gasteiger partial charge on any atom is -0.478 e. The number of carbonyl (C=O) groups excluding carboxylic acids is 1. The maximum Gasteiger partial charge on any atom is 0.416 e. The summed E-state index contributed by atoms with van der Waals surface area (Å²) in [5.41, 5.74) is 2.37. The number of fused-ring (bicyclic) bond motifs is 1. The molecule has 3 aromatic carbocycles. The van der Waals surface area contributed by atoms with Gasteiger partial charge in [-0.2, -0.15) is 18.3 Å². The second-order valence-corrected chi connectivity index (χ2v) is 7.91. The van der Waals surface area contributed by atoms with E-state index < -0.39 is 29.7 Å². The first kappa shape index (κ1) is 23.0. The topological polar surface area (TPSA) is 95.1 Å². The zero-order chi connectivity index (χ0) is 24.5. The van der Waals surface area contributed by atoms with Crippen molar-refractivity contribution in [3.05, 3.63) is 100 Å². The first-order valence-electron chi connectivity index (χ1n) is 10.4. The molecule has 9 heteroatoms. The summed E-state index contributed by atoms with van der Waals surface area (Å²) < 4.78 is 38.6. The van der Waals surface area contributed by atoms with E-state index in [4.69, 9.17) is 5.11 Å². The number of nitrogens with one attached hydrogen (secondary N) is 2. The summed E-state index contributed by atoms with van der Waals surface area (Å²) in [5, 5.41) is 19.5. The number of carboxylic acids is 1. The van der Waals surface area contributed by atoms with Crippen molar-refractivity contribution in [3.8, 4) is 0 Å². The average molecular weight is 467 g/mol. The van der Waals surface area contributed by atoms with Gasteiger partial charge in [0.15, 0.2) is 5.69 Å². The van der Waals surface area contributed by atoms with Crippen molar-refractivity contribution in [2.75, 3.05) is 0 Å². The normalized spacial score (nSPS) is 12.5. The second kappa shape index (κ2) is 9.01. The maximum absolute atomic E-state index is 13.0. The molecule has 0 spiro atoms. The summed E-state index contributed by atoms with van der Waals surface area (Å²) in [6.45, 7) is 1.77. The Morgan fingerprint density at radius 1 is 1.03 bits per heavy atom. The lowest BCUT2D eigenvalue weighted by Crippen LogP contribution is -2.27. The molecule has 0 unspecified atom stereocenters. The van der Waals surface area contributed by atoms with Crippen LogP contribution in [-0.2, 0) is 12.6 Å². The smallest absolute Gasteiger partial charge is 0.416 e. The van der Waals surface area contributed by atoms with E-state index in [-0.39, 0.29) is 11.3 Å².